The number of benzene rings is 3. The summed E-state index contributed by atoms with van der Waals surface area (Å²) in [4.78, 5) is 13.5. The Labute approximate surface area is 215 Å². The van der Waals surface area contributed by atoms with E-state index >= 15 is 0 Å². The van der Waals surface area contributed by atoms with E-state index in [1.54, 1.807) is 5.01 Å². The van der Waals surface area contributed by atoms with Crippen molar-refractivity contribution in [1.29, 1.82) is 0 Å². The number of allylic oxidation sites excluding steroid dienone is 1. The molecule has 0 bridgehead atoms. The van der Waals surface area contributed by atoms with Gasteiger partial charge in [0.25, 0.3) is 5.91 Å². The van der Waals surface area contributed by atoms with Gasteiger partial charge in [-0.15, -0.1) is 0 Å². The lowest BCUT2D eigenvalue weighted by molar-refractivity contribution is -0.135. The van der Waals surface area contributed by atoms with Gasteiger partial charge in [-0.05, 0) is 84.9 Å². The number of amides is 1. The smallest absolute Gasteiger partial charge is 0.281 e. The lowest BCUT2D eigenvalue weighted by Crippen LogP contribution is -2.34. The van der Waals surface area contributed by atoms with Gasteiger partial charge in [0.05, 0.1) is 11.8 Å². The highest BCUT2D eigenvalue weighted by Crippen LogP contribution is 2.44. The Morgan fingerprint density at radius 1 is 1.03 bits per heavy atom. The molecule has 1 fully saturated rings. The molecule has 0 radical (unpaired) electrons. The fourth-order valence-corrected chi connectivity index (χ4v) is 5.14. The molecule has 1 heterocycles. The van der Waals surface area contributed by atoms with Gasteiger partial charge in [-0.1, -0.05) is 65.7 Å². The highest BCUT2D eigenvalue weighted by atomic mass is 35.5. The second-order valence-electron chi connectivity index (χ2n) is 8.99. The molecule has 0 unspecified atom stereocenters. The predicted octanol–water partition coefficient (Wildman–Crippen LogP) is 7.50. The summed E-state index contributed by atoms with van der Waals surface area (Å²) in [7, 11) is 0. The summed E-state index contributed by atoms with van der Waals surface area (Å²) in [6.45, 7) is 1.89. The molecule has 2 aliphatic rings. The predicted molar refractivity (Wildman–Crippen MR) is 142 cm³/mol. The second-order valence-corrected chi connectivity index (χ2v) is 9.87. The zero-order chi connectivity index (χ0) is 24.4. The SMILES string of the molecule is Cc1ccccc1OCC(=O)N1N=C2/C(=C\c3ccc(Cl)cc3)CCC[C@@H]2[C@@H]1c1ccc(Cl)cc1. The lowest BCUT2D eigenvalue weighted by atomic mass is 9.77. The van der Waals surface area contributed by atoms with E-state index in [1.807, 2.05) is 79.7 Å². The van der Waals surface area contributed by atoms with Crippen molar-refractivity contribution < 1.29 is 9.53 Å². The molecular formula is C29H26Cl2N2O2. The van der Waals surface area contributed by atoms with Crippen LogP contribution in [-0.2, 0) is 4.79 Å². The van der Waals surface area contributed by atoms with Crippen LogP contribution in [-0.4, -0.2) is 23.2 Å². The highest BCUT2D eigenvalue weighted by Gasteiger charge is 2.43. The van der Waals surface area contributed by atoms with Crippen LogP contribution in [0, 0.1) is 12.8 Å². The minimum Gasteiger partial charge on any atom is -0.483 e. The number of aryl methyl sites for hydroxylation is 1. The van der Waals surface area contributed by atoms with Crippen molar-refractivity contribution in [2.75, 3.05) is 6.61 Å². The molecule has 4 nitrogen and oxygen atoms in total. The third kappa shape index (κ3) is 5.14. The number of hydrogen-bond acceptors (Lipinski definition) is 3. The first-order chi connectivity index (χ1) is 17.0. The maximum absolute atomic E-state index is 13.5. The van der Waals surface area contributed by atoms with Crippen molar-refractivity contribution in [3.8, 4) is 5.75 Å². The number of carbonyl (C=O) groups excluding carboxylic acids is 1. The van der Waals surface area contributed by atoms with Gasteiger partial charge in [0.15, 0.2) is 6.61 Å². The fraction of sp³-hybridized carbons (Fsp3) is 0.241. The zero-order valence-electron chi connectivity index (χ0n) is 19.5. The quantitative estimate of drug-likeness (QED) is 0.360. The Balaban J connectivity index is 1.47. The van der Waals surface area contributed by atoms with Crippen molar-refractivity contribution in [3.05, 3.63) is 105 Å². The normalized spacial score (nSPS) is 20.5. The first-order valence-corrected chi connectivity index (χ1v) is 12.6. The van der Waals surface area contributed by atoms with E-state index in [0.29, 0.717) is 15.8 Å². The van der Waals surface area contributed by atoms with Crippen molar-refractivity contribution >= 4 is 40.9 Å². The molecule has 0 N–H and O–H groups in total. The van der Waals surface area contributed by atoms with Gasteiger partial charge < -0.3 is 4.74 Å². The molecule has 1 amide bonds. The molecule has 0 spiro atoms. The van der Waals surface area contributed by atoms with Gasteiger partial charge in [0.2, 0.25) is 0 Å². The first kappa shape index (κ1) is 23.7. The van der Waals surface area contributed by atoms with Gasteiger partial charge in [0, 0.05) is 16.0 Å². The summed E-state index contributed by atoms with van der Waals surface area (Å²) >= 11 is 12.2. The molecule has 6 heteroatoms. The zero-order valence-corrected chi connectivity index (χ0v) is 21.0. The molecule has 1 saturated carbocycles. The Kier molecular flexibility index (Phi) is 6.94. The summed E-state index contributed by atoms with van der Waals surface area (Å²) in [6.07, 6.45) is 5.09. The largest absolute Gasteiger partial charge is 0.483 e. The molecule has 1 aliphatic carbocycles. The molecule has 3 aromatic rings. The Hall–Kier alpha value is -3.08. The molecular weight excluding hydrogens is 479 g/mol. The van der Waals surface area contributed by atoms with Crippen LogP contribution >= 0.6 is 23.2 Å². The average Bonchev–Trinajstić information content (AvgIpc) is 3.26. The van der Waals surface area contributed by atoms with Gasteiger partial charge in [-0.2, -0.15) is 5.10 Å². The molecule has 35 heavy (non-hydrogen) atoms. The Bertz CT molecular complexity index is 1280. The minimum atomic E-state index is -0.191. The summed E-state index contributed by atoms with van der Waals surface area (Å²) in [5, 5.41) is 7.92. The van der Waals surface area contributed by atoms with Crippen molar-refractivity contribution in [3.63, 3.8) is 0 Å². The number of halogens is 2. The number of rotatable bonds is 5. The topological polar surface area (TPSA) is 41.9 Å². The molecule has 178 valence electrons. The number of hydrazone groups is 1. The van der Waals surface area contributed by atoms with Gasteiger partial charge in [-0.3, -0.25) is 4.79 Å². The maximum Gasteiger partial charge on any atom is 0.281 e. The average molecular weight is 505 g/mol. The number of fused-ring (bicyclic) bond motifs is 1. The Morgan fingerprint density at radius 2 is 1.71 bits per heavy atom. The number of hydrogen-bond donors (Lipinski definition) is 0. The van der Waals surface area contributed by atoms with Crippen LogP contribution in [0.5, 0.6) is 5.75 Å². The minimum absolute atomic E-state index is 0.0747. The highest BCUT2D eigenvalue weighted by molar-refractivity contribution is 6.30. The van der Waals surface area contributed by atoms with Gasteiger partial charge in [0.1, 0.15) is 5.75 Å². The third-order valence-corrected chi connectivity index (χ3v) is 7.13. The van der Waals surface area contributed by atoms with E-state index in [0.717, 1.165) is 47.2 Å². The maximum atomic E-state index is 13.5. The van der Waals surface area contributed by atoms with Crippen molar-refractivity contribution in [1.82, 2.24) is 5.01 Å². The third-order valence-electron chi connectivity index (χ3n) is 6.62. The van der Waals surface area contributed by atoms with E-state index in [1.165, 1.54) is 0 Å². The van der Waals surface area contributed by atoms with E-state index in [-0.39, 0.29) is 24.5 Å². The molecule has 5 rings (SSSR count). The summed E-state index contributed by atoms with van der Waals surface area (Å²) in [6, 6.07) is 23.0. The monoisotopic (exact) mass is 504 g/mol. The molecule has 3 aromatic carbocycles. The van der Waals surface area contributed by atoms with Crippen LogP contribution in [0.3, 0.4) is 0 Å². The van der Waals surface area contributed by atoms with Crippen molar-refractivity contribution in [2.24, 2.45) is 11.0 Å². The van der Waals surface area contributed by atoms with Gasteiger partial charge in [-0.25, -0.2) is 5.01 Å². The van der Waals surface area contributed by atoms with Crippen LogP contribution in [0.4, 0.5) is 0 Å². The van der Waals surface area contributed by atoms with Crippen LogP contribution in [0.1, 0.15) is 42.0 Å². The molecule has 0 saturated heterocycles. The summed E-state index contributed by atoms with van der Waals surface area (Å²) < 4.78 is 5.89. The first-order valence-electron chi connectivity index (χ1n) is 11.8. The van der Waals surface area contributed by atoms with Crippen LogP contribution < -0.4 is 4.74 Å². The fourth-order valence-electron chi connectivity index (χ4n) is 4.88. The van der Waals surface area contributed by atoms with E-state index < -0.39 is 0 Å². The number of carbonyl (C=O) groups is 1. The van der Waals surface area contributed by atoms with Gasteiger partial charge >= 0.3 is 0 Å². The van der Waals surface area contributed by atoms with Crippen LogP contribution in [0.15, 0.2) is 83.5 Å². The molecule has 2 atom stereocenters. The molecule has 1 aliphatic heterocycles. The van der Waals surface area contributed by atoms with E-state index in [2.05, 4.69) is 6.08 Å². The van der Waals surface area contributed by atoms with E-state index in [4.69, 9.17) is 33.0 Å². The Morgan fingerprint density at radius 3 is 2.43 bits per heavy atom. The van der Waals surface area contributed by atoms with E-state index in [9.17, 15) is 4.79 Å². The number of para-hydroxylation sites is 1. The lowest BCUT2D eigenvalue weighted by Gasteiger charge is -2.29. The summed E-state index contributed by atoms with van der Waals surface area (Å²) in [5.41, 5.74) is 5.23. The van der Waals surface area contributed by atoms with Crippen molar-refractivity contribution in [2.45, 2.75) is 32.2 Å². The van der Waals surface area contributed by atoms with Crippen LogP contribution in [0.2, 0.25) is 10.0 Å². The summed E-state index contributed by atoms with van der Waals surface area (Å²) in [5.74, 6) is 0.656. The number of nitrogens with zero attached hydrogens (tertiary/aromatic N) is 2. The molecule has 0 aromatic heterocycles. The van der Waals surface area contributed by atoms with Crippen LogP contribution in [0.25, 0.3) is 6.08 Å². The second kappa shape index (κ2) is 10.3. The standard InChI is InChI=1S/C29H26Cl2N2O2/c1-19-5-2-3-8-26(19)35-18-27(34)33-29(21-11-15-24(31)16-12-21)25-7-4-6-22(28(25)32-33)17-20-9-13-23(30)14-10-20/h2-3,5,8-17,25,29H,4,6-7,18H2,1H3/b22-17-/t25-,29-/m0/s1. The number of ether oxygens (including phenoxy) is 1.